The summed E-state index contributed by atoms with van der Waals surface area (Å²) < 4.78 is 37.1. The van der Waals surface area contributed by atoms with Crippen LogP contribution in [-0.4, -0.2) is 52.8 Å². The maximum Gasteiger partial charge on any atom is 0.267 e. The fourth-order valence-electron chi connectivity index (χ4n) is 3.74. The molecule has 1 fully saturated rings. The van der Waals surface area contributed by atoms with Crippen LogP contribution in [0.25, 0.3) is 0 Å². The third-order valence-electron chi connectivity index (χ3n) is 5.22. The van der Waals surface area contributed by atoms with Crippen LogP contribution in [0.3, 0.4) is 0 Å². The van der Waals surface area contributed by atoms with E-state index in [1.807, 2.05) is 13.8 Å². The van der Waals surface area contributed by atoms with Crippen LogP contribution in [0.4, 0.5) is 0 Å². The fourth-order valence-corrected chi connectivity index (χ4v) is 5.95. The number of fused-ring (bicyclic) bond motifs is 1. The molecule has 11 heteroatoms. The highest BCUT2D eigenvalue weighted by molar-refractivity contribution is 7.98. The molecule has 0 spiro atoms. The highest BCUT2D eigenvalue weighted by atomic mass is 32.2. The van der Waals surface area contributed by atoms with Crippen molar-refractivity contribution in [3.8, 4) is 0 Å². The SMILES string of the molecule is CC(C)c1nc(S(=O)(=O)NC2COCC2n2nc3c(cc2=O)CSCC3)cn1C. The first-order valence-electron chi connectivity index (χ1n) is 9.59. The smallest absolute Gasteiger partial charge is 0.267 e. The van der Waals surface area contributed by atoms with E-state index in [2.05, 4.69) is 14.8 Å². The highest BCUT2D eigenvalue weighted by Crippen LogP contribution is 2.24. The maximum absolute atomic E-state index is 12.9. The van der Waals surface area contributed by atoms with Crippen molar-refractivity contribution in [3.63, 3.8) is 0 Å². The minimum atomic E-state index is -3.86. The molecule has 9 nitrogen and oxygen atoms in total. The van der Waals surface area contributed by atoms with Crippen molar-refractivity contribution in [2.24, 2.45) is 7.05 Å². The number of ether oxygens (including phenoxy) is 1. The lowest BCUT2D eigenvalue weighted by Gasteiger charge is -2.22. The van der Waals surface area contributed by atoms with E-state index in [0.29, 0.717) is 5.82 Å². The van der Waals surface area contributed by atoms with Crippen molar-refractivity contribution >= 4 is 21.8 Å². The Hall–Kier alpha value is -1.69. The van der Waals surface area contributed by atoms with Crippen molar-refractivity contribution in [1.82, 2.24) is 24.1 Å². The summed E-state index contributed by atoms with van der Waals surface area (Å²) in [5.41, 5.74) is 1.64. The second kappa shape index (κ2) is 7.86. The second-order valence-electron chi connectivity index (χ2n) is 7.74. The summed E-state index contributed by atoms with van der Waals surface area (Å²) in [5, 5.41) is 4.52. The van der Waals surface area contributed by atoms with E-state index in [9.17, 15) is 13.2 Å². The van der Waals surface area contributed by atoms with Crippen molar-refractivity contribution < 1.29 is 13.2 Å². The standard InChI is InChI=1S/C18H25N5O4S2/c1-11(2)18-19-16(7-22(18)3)29(25,26)21-14-8-27-9-15(14)23-17(24)6-12-10-28-5-4-13(12)20-23/h6-7,11,14-15,21H,4-5,8-10H2,1-3H3. The molecule has 0 radical (unpaired) electrons. The molecule has 2 aromatic rings. The molecule has 158 valence electrons. The van der Waals surface area contributed by atoms with Gasteiger partial charge in [0.2, 0.25) is 0 Å². The van der Waals surface area contributed by atoms with Gasteiger partial charge in [-0.25, -0.2) is 22.8 Å². The van der Waals surface area contributed by atoms with Crippen LogP contribution >= 0.6 is 11.8 Å². The van der Waals surface area contributed by atoms with E-state index in [4.69, 9.17) is 4.74 Å². The van der Waals surface area contributed by atoms with Gasteiger partial charge in [-0.3, -0.25) is 4.79 Å². The lowest BCUT2D eigenvalue weighted by molar-refractivity contribution is 0.181. The number of hydrogen-bond donors (Lipinski definition) is 1. The van der Waals surface area contributed by atoms with Gasteiger partial charge in [0, 0.05) is 37.4 Å². The van der Waals surface area contributed by atoms with Crippen molar-refractivity contribution in [3.05, 3.63) is 39.7 Å². The van der Waals surface area contributed by atoms with Gasteiger partial charge in [-0.15, -0.1) is 0 Å². The predicted octanol–water partition coefficient (Wildman–Crippen LogP) is 0.808. The number of thioether (sulfide) groups is 1. The van der Waals surface area contributed by atoms with E-state index in [0.717, 1.165) is 29.2 Å². The lowest BCUT2D eigenvalue weighted by atomic mass is 10.1. The minimum Gasteiger partial charge on any atom is -0.377 e. The number of nitrogens with zero attached hydrogens (tertiary/aromatic N) is 4. The van der Waals surface area contributed by atoms with Gasteiger partial charge in [0.25, 0.3) is 15.6 Å². The number of sulfonamides is 1. The number of rotatable bonds is 5. The zero-order valence-electron chi connectivity index (χ0n) is 16.7. The summed E-state index contributed by atoms with van der Waals surface area (Å²) in [6.07, 6.45) is 2.31. The van der Waals surface area contributed by atoms with Gasteiger partial charge in [0.05, 0.1) is 31.0 Å². The molecule has 2 aliphatic rings. The van der Waals surface area contributed by atoms with Crippen molar-refractivity contribution in [2.75, 3.05) is 19.0 Å². The monoisotopic (exact) mass is 439 g/mol. The molecule has 0 saturated carbocycles. The van der Waals surface area contributed by atoms with Crippen LogP contribution in [0.15, 0.2) is 22.1 Å². The summed E-state index contributed by atoms with van der Waals surface area (Å²) in [7, 11) is -2.08. The van der Waals surface area contributed by atoms with Crippen LogP contribution in [0.2, 0.25) is 0 Å². The molecule has 4 rings (SSSR count). The molecule has 4 heterocycles. The van der Waals surface area contributed by atoms with Crippen LogP contribution in [0.1, 0.15) is 42.9 Å². The van der Waals surface area contributed by atoms with E-state index < -0.39 is 22.1 Å². The zero-order chi connectivity index (χ0) is 20.8. The quantitative estimate of drug-likeness (QED) is 0.734. The molecule has 2 aromatic heterocycles. The summed E-state index contributed by atoms with van der Waals surface area (Å²) in [4.78, 5) is 16.9. The van der Waals surface area contributed by atoms with Gasteiger partial charge < -0.3 is 9.30 Å². The van der Waals surface area contributed by atoms with Crippen LogP contribution in [0, 0.1) is 0 Å². The molecule has 1 saturated heterocycles. The molecule has 0 aliphatic carbocycles. The molecular formula is C18H25N5O4S2. The zero-order valence-corrected chi connectivity index (χ0v) is 18.3. The summed E-state index contributed by atoms with van der Waals surface area (Å²) in [6, 6.07) is 0.530. The number of nitrogens with one attached hydrogen (secondary N) is 1. The van der Waals surface area contributed by atoms with Gasteiger partial charge in [-0.05, 0) is 11.3 Å². The molecule has 0 amide bonds. The average molecular weight is 440 g/mol. The van der Waals surface area contributed by atoms with Gasteiger partial charge in [-0.2, -0.15) is 16.9 Å². The van der Waals surface area contributed by atoms with Gasteiger partial charge >= 0.3 is 0 Å². The maximum atomic E-state index is 12.9. The molecule has 0 aromatic carbocycles. The Morgan fingerprint density at radius 2 is 2.14 bits per heavy atom. The first-order valence-corrected chi connectivity index (χ1v) is 12.2. The molecule has 1 N–H and O–H groups in total. The second-order valence-corrected chi connectivity index (χ2v) is 10.5. The summed E-state index contributed by atoms with van der Waals surface area (Å²) in [5.74, 6) is 2.54. The van der Waals surface area contributed by atoms with Gasteiger partial charge in [0.15, 0.2) is 5.03 Å². The molecule has 0 bridgehead atoms. The van der Waals surface area contributed by atoms with E-state index >= 15 is 0 Å². The Labute approximate surface area is 173 Å². The van der Waals surface area contributed by atoms with E-state index in [-0.39, 0.29) is 29.7 Å². The number of aromatic nitrogens is 4. The largest absolute Gasteiger partial charge is 0.377 e. The predicted molar refractivity (Wildman–Crippen MR) is 110 cm³/mol. The normalized spacial score (nSPS) is 22.2. The van der Waals surface area contributed by atoms with Crippen LogP contribution in [-0.2, 0) is 34.0 Å². The third-order valence-corrected chi connectivity index (χ3v) is 7.58. The third kappa shape index (κ3) is 4.00. The van der Waals surface area contributed by atoms with Crippen LogP contribution in [0.5, 0.6) is 0 Å². The Balaban J connectivity index is 1.61. The number of aryl methyl sites for hydroxylation is 2. The Kier molecular flexibility index (Phi) is 5.58. The van der Waals surface area contributed by atoms with Crippen molar-refractivity contribution in [1.29, 1.82) is 0 Å². The van der Waals surface area contributed by atoms with Crippen molar-refractivity contribution in [2.45, 2.75) is 49.0 Å². The topological polar surface area (TPSA) is 108 Å². The van der Waals surface area contributed by atoms with Gasteiger partial charge in [0.1, 0.15) is 5.82 Å². The van der Waals surface area contributed by atoms with E-state index in [1.54, 1.807) is 29.4 Å². The average Bonchev–Trinajstić information content (AvgIpc) is 3.27. The fraction of sp³-hybridized carbons (Fsp3) is 0.611. The number of imidazole rings is 1. The Morgan fingerprint density at radius 1 is 1.34 bits per heavy atom. The minimum absolute atomic E-state index is 0.0304. The molecule has 29 heavy (non-hydrogen) atoms. The summed E-state index contributed by atoms with van der Waals surface area (Å²) >= 11 is 1.78. The van der Waals surface area contributed by atoms with E-state index in [1.165, 1.54) is 10.9 Å². The summed E-state index contributed by atoms with van der Waals surface area (Å²) in [6.45, 7) is 4.32. The highest BCUT2D eigenvalue weighted by Gasteiger charge is 2.36. The molecular weight excluding hydrogens is 414 g/mol. The lowest BCUT2D eigenvalue weighted by Crippen LogP contribution is -2.44. The van der Waals surface area contributed by atoms with Gasteiger partial charge in [-0.1, -0.05) is 13.8 Å². The Bertz CT molecular complexity index is 1080. The first kappa shape index (κ1) is 20.6. The number of hydrogen-bond acceptors (Lipinski definition) is 7. The molecule has 2 aliphatic heterocycles. The molecule has 2 unspecified atom stereocenters. The van der Waals surface area contributed by atoms with Crippen LogP contribution < -0.4 is 10.3 Å². The Morgan fingerprint density at radius 3 is 2.86 bits per heavy atom. The first-order chi connectivity index (χ1) is 13.8. The molecule has 2 atom stereocenters.